The van der Waals surface area contributed by atoms with Gasteiger partial charge in [-0.05, 0) is 30.7 Å². The Hall–Kier alpha value is -0.850. The minimum atomic E-state index is -0.324. The van der Waals surface area contributed by atoms with Crippen molar-refractivity contribution in [1.82, 2.24) is 3.53 Å². The summed E-state index contributed by atoms with van der Waals surface area (Å²) >= 11 is 1.72. The SMILES string of the molecule is Cc1cc(F)ccc1NC(=O)NI. The average Bonchev–Trinajstić information content (AvgIpc) is 2.09. The smallest absolute Gasteiger partial charge is 0.307 e. The molecule has 1 aromatic carbocycles. The van der Waals surface area contributed by atoms with E-state index in [2.05, 4.69) is 8.85 Å². The maximum Gasteiger partial charge on any atom is 0.327 e. The highest BCUT2D eigenvalue weighted by atomic mass is 127. The summed E-state index contributed by atoms with van der Waals surface area (Å²) < 4.78 is 15.0. The van der Waals surface area contributed by atoms with Crippen molar-refractivity contribution in [1.29, 1.82) is 0 Å². The number of benzene rings is 1. The third-order valence-corrected chi connectivity index (χ3v) is 2.01. The van der Waals surface area contributed by atoms with Crippen LogP contribution in [0.4, 0.5) is 14.9 Å². The number of hydrogen-bond acceptors (Lipinski definition) is 1. The van der Waals surface area contributed by atoms with Crippen LogP contribution in [0.2, 0.25) is 0 Å². The Kier molecular flexibility index (Phi) is 3.47. The first-order valence-electron chi connectivity index (χ1n) is 3.57. The molecule has 0 unspecified atom stereocenters. The maximum absolute atomic E-state index is 12.6. The highest BCUT2D eigenvalue weighted by Gasteiger charge is 2.02. The molecule has 0 spiro atoms. The second-order valence-electron chi connectivity index (χ2n) is 2.51. The van der Waals surface area contributed by atoms with E-state index in [1.165, 1.54) is 18.2 Å². The van der Waals surface area contributed by atoms with Crippen LogP contribution >= 0.6 is 22.9 Å². The number of carbonyl (C=O) groups is 1. The van der Waals surface area contributed by atoms with Crippen LogP contribution in [0.15, 0.2) is 18.2 Å². The third-order valence-electron chi connectivity index (χ3n) is 1.52. The van der Waals surface area contributed by atoms with E-state index < -0.39 is 0 Å². The molecule has 0 aliphatic carbocycles. The van der Waals surface area contributed by atoms with Gasteiger partial charge in [0, 0.05) is 5.69 Å². The Labute approximate surface area is 89.2 Å². The molecular weight excluding hydrogens is 286 g/mol. The topological polar surface area (TPSA) is 41.1 Å². The van der Waals surface area contributed by atoms with Crippen LogP contribution in [0.25, 0.3) is 0 Å². The van der Waals surface area contributed by atoms with Gasteiger partial charge in [0.15, 0.2) is 0 Å². The monoisotopic (exact) mass is 294 g/mol. The quantitative estimate of drug-likeness (QED) is 0.606. The fourth-order valence-electron chi connectivity index (χ4n) is 0.913. The van der Waals surface area contributed by atoms with Crippen LogP contribution in [0, 0.1) is 12.7 Å². The van der Waals surface area contributed by atoms with E-state index in [1.807, 2.05) is 0 Å². The molecular formula is C8H8FIN2O. The summed E-state index contributed by atoms with van der Waals surface area (Å²) in [5, 5.41) is 2.56. The van der Waals surface area contributed by atoms with Crippen molar-refractivity contribution < 1.29 is 9.18 Å². The Morgan fingerprint density at radius 3 is 2.77 bits per heavy atom. The average molecular weight is 294 g/mol. The lowest BCUT2D eigenvalue weighted by atomic mass is 10.2. The Morgan fingerprint density at radius 2 is 2.23 bits per heavy atom. The Morgan fingerprint density at radius 1 is 1.54 bits per heavy atom. The molecule has 1 aromatic rings. The van der Waals surface area contributed by atoms with Crippen LogP contribution in [-0.2, 0) is 0 Å². The number of carbonyl (C=O) groups excluding carboxylic acids is 1. The maximum atomic E-state index is 12.6. The van der Waals surface area contributed by atoms with E-state index in [9.17, 15) is 9.18 Å². The van der Waals surface area contributed by atoms with Crippen LogP contribution in [0.5, 0.6) is 0 Å². The van der Waals surface area contributed by atoms with Gasteiger partial charge in [0.1, 0.15) is 5.82 Å². The van der Waals surface area contributed by atoms with Gasteiger partial charge in [0.05, 0.1) is 22.9 Å². The standard InChI is InChI=1S/C8H8FIN2O/c1-5-4-6(9)2-3-7(5)11-8(13)12-10/h2-4H,1H3,(H2,11,12,13). The van der Waals surface area contributed by atoms with Crippen molar-refractivity contribution in [3.8, 4) is 0 Å². The third kappa shape index (κ3) is 2.83. The number of rotatable bonds is 1. The van der Waals surface area contributed by atoms with Crippen LogP contribution in [-0.4, -0.2) is 6.03 Å². The fraction of sp³-hybridized carbons (Fsp3) is 0.125. The summed E-state index contributed by atoms with van der Waals surface area (Å²) in [6, 6.07) is 3.87. The van der Waals surface area contributed by atoms with Crippen molar-refractivity contribution in [2.24, 2.45) is 0 Å². The Bertz CT molecular complexity index is 330. The molecule has 13 heavy (non-hydrogen) atoms. The predicted molar refractivity (Wildman–Crippen MR) is 57.3 cm³/mol. The van der Waals surface area contributed by atoms with Gasteiger partial charge in [-0.15, -0.1) is 0 Å². The van der Waals surface area contributed by atoms with E-state index in [1.54, 1.807) is 29.8 Å². The number of amides is 2. The second kappa shape index (κ2) is 4.40. The number of anilines is 1. The molecule has 1 rings (SSSR count). The summed E-state index contributed by atoms with van der Waals surface area (Å²) in [7, 11) is 0. The Balaban J connectivity index is 2.83. The molecule has 0 aliphatic heterocycles. The first kappa shape index (κ1) is 10.2. The van der Waals surface area contributed by atoms with E-state index in [4.69, 9.17) is 0 Å². The molecule has 0 heterocycles. The first-order chi connectivity index (χ1) is 6.13. The van der Waals surface area contributed by atoms with E-state index in [0.717, 1.165) is 0 Å². The molecule has 0 fully saturated rings. The van der Waals surface area contributed by atoms with E-state index in [-0.39, 0.29) is 11.8 Å². The van der Waals surface area contributed by atoms with Crippen molar-refractivity contribution in [2.45, 2.75) is 6.92 Å². The van der Waals surface area contributed by atoms with Crippen LogP contribution in [0.3, 0.4) is 0 Å². The van der Waals surface area contributed by atoms with E-state index in [0.29, 0.717) is 11.3 Å². The molecule has 70 valence electrons. The predicted octanol–water partition coefficient (Wildman–Crippen LogP) is 2.61. The molecule has 0 radical (unpaired) electrons. The zero-order chi connectivity index (χ0) is 9.84. The molecule has 0 bridgehead atoms. The highest BCUT2D eigenvalue weighted by Crippen LogP contribution is 2.15. The van der Waals surface area contributed by atoms with Gasteiger partial charge >= 0.3 is 6.03 Å². The summed E-state index contributed by atoms with van der Waals surface area (Å²) in [6.07, 6.45) is 0. The fourth-order valence-corrected chi connectivity index (χ4v) is 1.05. The van der Waals surface area contributed by atoms with Crippen molar-refractivity contribution in [2.75, 3.05) is 5.32 Å². The van der Waals surface area contributed by atoms with Crippen molar-refractivity contribution in [3.05, 3.63) is 29.6 Å². The molecule has 2 N–H and O–H groups in total. The summed E-state index contributed by atoms with van der Waals surface area (Å²) in [5.41, 5.74) is 1.30. The number of nitrogens with one attached hydrogen (secondary N) is 2. The summed E-state index contributed by atoms with van der Waals surface area (Å²) in [4.78, 5) is 10.9. The van der Waals surface area contributed by atoms with Gasteiger partial charge in [0.2, 0.25) is 0 Å². The molecule has 0 aliphatic rings. The lowest BCUT2D eigenvalue weighted by molar-refractivity contribution is 0.258. The highest BCUT2D eigenvalue weighted by molar-refractivity contribution is 14.1. The van der Waals surface area contributed by atoms with Gasteiger partial charge < -0.3 is 5.32 Å². The molecule has 2 amide bonds. The van der Waals surface area contributed by atoms with Crippen LogP contribution < -0.4 is 8.85 Å². The molecule has 0 saturated heterocycles. The van der Waals surface area contributed by atoms with Gasteiger partial charge in [-0.3, -0.25) is 3.53 Å². The van der Waals surface area contributed by atoms with E-state index >= 15 is 0 Å². The second-order valence-corrected chi connectivity index (χ2v) is 3.05. The van der Waals surface area contributed by atoms with Gasteiger partial charge in [0.25, 0.3) is 0 Å². The molecule has 5 heteroatoms. The first-order valence-corrected chi connectivity index (χ1v) is 4.65. The number of urea groups is 1. The van der Waals surface area contributed by atoms with Gasteiger partial charge in [-0.1, -0.05) is 0 Å². The van der Waals surface area contributed by atoms with Gasteiger partial charge in [-0.2, -0.15) is 0 Å². The van der Waals surface area contributed by atoms with Crippen LogP contribution in [0.1, 0.15) is 5.56 Å². The number of aryl methyl sites for hydroxylation is 1. The molecule has 0 saturated carbocycles. The lowest BCUT2D eigenvalue weighted by Crippen LogP contribution is -2.20. The van der Waals surface area contributed by atoms with Crippen molar-refractivity contribution in [3.63, 3.8) is 0 Å². The van der Waals surface area contributed by atoms with Gasteiger partial charge in [-0.25, -0.2) is 9.18 Å². The number of halogens is 2. The minimum absolute atomic E-state index is 0.307. The normalized spacial score (nSPS) is 9.46. The molecule has 3 nitrogen and oxygen atoms in total. The summed E-state index contributed by atoms with van der Waals surface area (Å²) in [5.74, 6) is -0.307. The lowest BCUT2D eigenvalue weighted by Gasteiger charge is -2.06. The zero-order valence-corrected chi connectivity index (χ0v) is 9.05. The molecule has 0 aromatic heterocycles. The largest absolute Gasteiger partial charge is 0.327 e. The zero-order valence-electron chi connectivity index (χ0n) is 6.90. The number of hydrogen-bond donors (Lipinski definition) is 2. The molecule has 0 atom stereocenters. The van der Waals surface area contributed by atoms with Crippen molar-refractivity contribution >= 4 is 34.6 Å². The summed E-state index contributed by atoms with van der Waals surface area (Å²) in [6.45, 7) is 1.73. The minimum Gasteiger partial charge on any atom is -0.307 e.